The van der Waals surface area contributed by atoms with Crippen molar-refractivity contribution in [2.75, 3.05) is 39.3 Å². The van der Waals surface area contributed by atoms with E-state index in [0.717, 1.165) is 26.2 Å². The van der Waals surface area contributed by atoms with E-state index in [1.165, 1.54) is 42.5 Å². The van der Waals surface area contributed by atoms with Crippen molar-refractivity contribution in [1.29, 1.82) is 0 Å². The smallest absolute Gasteiger partial charge is 0.0220 e. The quantitative estimate of drug-likeness (QED) is 0.753. The van der Waals surface area contributed by atoms with Gasteiger partial charge in [-0.25, -0.2) is 0 Å². The number of unbranched alkanes of at least 4 members (excludes halogenated alkanes) is 1. The second-order valence-corrected chi connectivity index (χ2v) is 5.92. The third-order valence-electron chi connectivity index (χ3n) is 3.56. The average Bonchev–Trinajstić information content (AvgIpc) is 2.45. The molecule has 2 N–H and O–H groups in total. The third-order valence-corrected chi connectivity index (χ3v) is 4.33. The molecule has 0 radical (unpaired) electrons. The van der Waals surface area contributed by atoms with Crippen LogP contribution >= 0.6 is 15.9 Å². The number of hydrogen-bond donors (Lipinski definition) is 2. The van der Waals surface area contributed by atoms with Crippen LogP contribution in [0.25, 0.3) is 0 Å². The molecule has 1 fully saturated rings. The topological polar surface area (TPSA) is 27.3 Å². The number of piperazine rings is 1. The predicted octanol–water partition coefficient (Wildman–Crippen LogP) is 2.22. The van der Waals surface area contributed by atoms with Crippen molar-refractivity contribution in [3.63, 3.8) is 0 Å². The van der Waals surface area contributed by atoms with Crippen LogP contribution < -0.4 is 10.6 Å². The Hall–Kier alpha value is -0.420. The summed E-state index contributed by atoms with van der Waals surface area (Å²) in [6, 6.07) is 8.41. The molecule has 0 aromatic heterocycles. The third kappa shape index (κ3) is 5.61. The summed E-state index contributed by atoms with van der Waals surface area (Å²) in [4.78, 5) is 2.56. The summed E-state index contributed by atoms with van der Waals surface area (Å²) in [6.07, 6.45) is 2.55. The summed E-state index contributed by atoms with van der Waals surface area (Å²) in [5.41, 5.74) is 1.34. The van der Waals surface area contributed by atoms with Crippen molar-refractivity contribution in [3.05, 3.63) is 34.3 Å². The van der Waals surface area contributed by atoms with E-state index in [2.05, 4.69) is 55.7 Å². The minimum absolute atomic E-state index is 0.953. The minimum Gasteiger partial charge on any atom is -0.314 e. The number of halogens is 1. The molecule has 0 amide bonds. The van der Waals surface area contributed by atoms with Crippen LogP contribution in [0.5, 0.6) is 0 Å². The molecule has 2 rings (SSSR count). The molecule has 0 saturated carbocycles. The van der Waals surface area contributed by atoms with Gasteiger partial charge in [0.1, 0.15) is 0 Å². The average molecular weight is 326 g/mol. The lowest BCUT2D eigenvalue weighted by Crippen LogP contribution is -2.43. The van der Waals surface area contributed by atoms with Gasteiger partial charge in [-0.3, -0.25) is 0 Å². The van der Waals surface area contributed by atoms with E-state index in [0.29, 0.717) is 0 Å². The summed E-state index contributed by atoms with van der Waals surface area (Å²) in [5, 5.41) is 6.91. The lowest BCUT2D eigenvalue weighted by molar-refractivity contribution is 0.236. The molecule has 106 valence electrons. The van der Waals surface area contributed by atoms with Gasteiger partial charge in [0.25, 0.3) is 0 Å². The Balaban J connectivity index is 1.51. The van der Waals surface area contributed by atoms with Crippen LogP contribution in [0.2, 0.25) is 0 Å². The maximum atomic E-state index is 3.58. The molecule has 1 aliphatic heterocycles. The van der Waals surface area contributed by atoms with Gasteiger partial charge in [0.2, 0.25) is 0 Å². The first kappa shape index (κ1) is 15.0. The predicted molar refractivity (Wildman–Crippen MR) is 84.4 cm³/mol. The van der Waals surface area contributed by atoms with Gasteiger partial charge in [-0.2, -0.15) is 0 Å². The van der Waals surface area contributed by atoms with Crippen LogP contribution in [0.1, 0.15) is 18.4 Å². The van der Waals surface area contributed by atoms with Gasteiger partial charge in [0, 0.05) is 37.2 Å². The van der Waals surface area contributed by atoms with Crippen LogP contribution in [0, 0.1) is 0 Å². The van der Waals surface area contributed by atoms with Gasteiger partial charge >= 0.3 is 0 Å². The van der Waals surface area contributed by atoms with Crippen LogP contribution in [-0.2, 0) is 6.54 Å². The second kappa shape index (κ2) is 8.69. The summed E-state index contributed by atoms with van der Waals surface area (Å²) < 4.78 is 1.20. The molecule has 0 atom stereocenters. The maximum absolute atomic E-state index is 3.58. The second-order valence-electron chi connectivity index (χ2n) is 5.07. The van der Waals surface area contributed by atoms with Crippen LogP contribution in [0.3, 0.4) is 0 Å². The molecule has 1 aromatic rings. The van der Waals surface area contributed by atoms with Gasteiger partial charge in [0.05, 0.1) is 0 Å². The molecule has 3 nitrogen and oxygen atoms in total. The Morgan fingerprint density at radius 3 is 2.74 bits per heavy atom. The molecule has 0 bridgehead atoms. The molecule has 0 spiro atoms. The zero-order chi connectivity index (χ0) is 13.3. The van der Waals surface area contributed by atoms with Crippen molar-refractivity contribution in [2.45, 2.75) is 19.4 Å². The molecule has 1 saturated heterocycles. The lowest BCUT2D eigenvalue weighted by Gasteiger charge is -2.27. The maximum Gasteiger partial charge on any atom is 0.0220 e. The lowest BCUT2D eigenvalue weighted by atomic mass is 10.2. The van der Waals surface area contributed by atoms with E-state index in [9.17, 15) is 0 Å². The van der Waals surface area contributed by atoms with Crippen molar-refractivity contribution in [1.82, 2.24) is 15.5 Å². The molecule has 0 aliphatic carbocycles. The largest absolute Gasteiger partial charge is 0.314 e. The molecular formula is C15H24BrN3. The normalized spacial score (nSPS) is 16.7. The van der Waals surface area contributed by atoms with Crippen LogP contribution in [0.4, 0.5) is 0 Å². The standard InChI is InChI=1S/C15H24BrN3/c16-15-6-2-1-5-14(15)13-18-7-3-4-10-19-11-8-17-9-12-19/h1-2,5-6,17-18H,3-4,7-13H2. The van der Waals surface area contributed by atoms with E-state index >= 15 is 0 Å². The van der Waals surface area contributed by atoms with Gasteiger partial charge < -0.3 is 15.5 Å². The highest BCUT2D eigenvalue weighted by molar-refractivity contribution is 9.10. The molecular weight excluding hydrogens is 302 g/mol. The Bertz CT molecular complexity index is 364. The minimum atomic E-state index is 0.953. The summed E-state index contributed by atoms with van der Waals surface area (Å²) >= 11 is 3.58. The number of rotatable bonds is 7. The Kier molecular flexibility index (Phi) is 6.85. The zero-order valence-electron chi connectivity index (χ0n) is 11.5. The molecule has 19 heavy (non-hydrogen) atoms. The highest BCUT2D eigenvalue weighted by Crippen LogP contribution is 2.15. The number of nitrogens with one attached hydrogen (secondary N) is 2. The van der Waals surface area contributed by atoms with Crippen molar-refractivity contribution in [3.8, 4) is 0 Å². The zero-order valence-corrected chi connectivity index (χ0v) is 13.1. The molecule has 1 aromatic carbocycles. The summed E-state index contributed by atoms with van der Waals surface area (Å²) in [6.45, 7) is 8.04. The Labute approximate surface area is 124 Å². The number of nitrogens with zero attached hydrogens (tertiary/aromatic N) is 1. The van der Waals surface area contributed by atoms with Gasteiger partial charge in [0.15, 0.2) is 0 Å². The highest BCUT2D eigenvalue weighted by atomic mass is 79.9. The SMILES string of the molecule is Brc1ccccc1CNCCCCN1CCNCC1. The first-order valence-electron chi connectivity index (χ1n) is 7.23. The van der Waals surface area contributed by atoms with Crippen molar-refractivity contribution >= 4 is 15.9 Å². The fourth-order valence-corrected chi connectivity index (χ4v) is 2.81. The monoisotopic (exact) mass is 325 g/mol. The summed E-state index contributed by atoms with van der Waals surface area (Å²) in [5.74, 6) is 0. The molecule has 1 heterocycles. The fraction of sp³-hybridized carbons (Fsp3) is 0.600. The fourth-order valence-electron chi connectivity index (χ4n) is 2.38. The Morgan fingerprint density at radius 1 is 1.16 bits per heavy atom. The van der Waals surface area contributed by atoms with Gasteiger partial charge in [-0.05, 0) is 37.6 Å². The van der Waals surface area contributed by atoms with E-state index in [1.54, 1.807) is 0 Å². The van der Waals surface area contributed by atoms with E-state index in [4.69, 9.17) is 0 Å². The van der Waals surface area contributed by atoms with Crippen molar-refractivity contribution in [2.24, 2.45) is 0 Å². The first-order valence-corrected chi connectivity index (χ1v) is 8.03. The number of hydrogen-bond acceptors (Lipinski definition) is 3. The Morgan fingerprint density at radius 2 is 1.95 bits per heavy atom. The molecule has 4 heteroatoms. The molecule has 0 unspecified atom stereocenters. The first-order chi connectivity index (χ1) is 9.36. The highest BCUT2D eigenvalue weighted by Gasteiger charge is 2.07. The summed E-state index contributed by atoms with van der Waals surface area (Å²) in [7, 11) is 0. The molecule has 1 aliphatic rings. The van der Waals surface area contributed by atoms with E-state index in [-0.39, 0.29) is 0 Å². The number of benzene rings is 1. The van der Waals surface area contributed by atoms with E-state index in [1.807, 2.05) is 0 Å². The van der Waals surface area contributed by atoms with Crippen molar-refractivity contribution < 1.29 is 0 Å². The van der Waals surface area contributed by atoms with E-state index < -0.39 is 0 Å². The van der Waals surface area contributed by atoms with Crippen LogP contribution in [0.15, 0.2) is 28.7 Å². The van der Waals surface area contributed by atoms with Gasteiger partial charge in [-0.15, -0.1) is 0 Å². The van der Waals surface area contributed by atoms with Crippen LogP contribution in [-0.4, -0.2) is 44.2 Å². The van der Waals surface area contributed by atoms with Gasteiger partial charge in [-0.1, -0.05) is 34.1 Å².